The summed E-state index contributed by atoms with van der Waals surface area (Å²) in [7, 11) is 1.67. The Bertz CT molecular complexity index is 755. The lowest BCUT2D eigenvalue weighted by Gasteiger charge is -2.07. The van der Waals surface area contributed by atoms with Crippen molar-refractivity contribution in [2.75, 3.05) is 7.11 Å². The minimum Gasteiger partial charge on any atom is -0.497 e. The summed E-state index contributed by atoms with van der Waals surface area (Å²) in [4.78, 5) is 0. The molecule has 22 heavy (non-hydrogen) atoms. The molecular weight excluding hydrogens is 296 g/mol. The molecule has 5 nitrogen and oxygen atoms in total. The van der Waals surface area contributed by atoms with E-state index in [9.17, 15) is 0 Å². The van der Waals surface area contributed by atoms with E-state index in [1.165, 1.54) is 5.56 Å². The predicted octanol–water partition coefficient (Wildman–Crippen LogP) is 3.27. The van der Waals surface area contributed by atoms with Crippen molar-refractivity contribution < 1.29 is 4.74 Å². The lowest BCUT2D eigenvalue weighted by Crippen LogP contribution is -2.01. The van der Waals surface area contributed by atoms with Crippen molar-refractivity contribution in [3.63, 3.8) is 0 Å². The van der Waals surface area contributed by atoms with E-state index in [2.05, 4.69) is 28.5 Å². The van der Waals surface area contributed by atoms with Crippen LogP contribution in [-0.2, 0) is 5.75 Å². The Labute approximate surface area is 133 Å². The number of thioether (sulfide) groups is 1. The second-order valence-electron chi connectivity index (χ2n) is 4.80. The summed E-state index contributed by atoms with van der Waals surface area (Å²) in [6.45, 7) is 2.05. The first-order chi connectivity index (χ1) is 10.8. The Morgan fingerprint density at radius 2 is 1.86 bits per heavy atom. The van der Waals surface area contributed by atoms with Crippen molar-refractivity contribution in [2.24, 2.45) is 0 Å². The van der Waals surface area contributed by atoms with Crippen LogP contribution in [0.2, 0.25) is 0 Å². The van der Waals surface area contributed by atoms with Crippen molar-refractivity contribution in [3.8, 4) is 11.4 Å². The number of hydrogen-bond donors (Lipinski definition) is 0. The van der Waals surface area contributed by atoms with Crippen LogP contribution in [0.15, 0.2) is 53.7 Å². The molecule has 1 aromatic heterocycles. The van der Waals surface area contributed by atoms with Gasteiger partial charge in [-0.1, -0.05) is 42.1 Å². The molecule has 0 fully saturated rings. The molecule has 0 aliphatic rings. The number of methoxy groups -OCH3 is 1. The normalized spacial score (nSPS) is 10.6. The zero-order valence-corrected chi connectivity index (χ0v) is 13.2. The average Bonchev–Trinajstić information content (AvgIpc) is 3.02. The molecule has 112 valence electrons. The first-order valence-corrected chi connectivity index (χ1v) is 7.86. The van der Waals surface area contributed by atoms with Crippen molar-refractivity contribution in [2.45, 2.75) is 17.8 Å². The fraction of sp³-hybridized carbons (Fsp3) is 0.188. The van der Waals surface area contributed by atoms with Crippen LogP contribution in [-0.4, -0.2) is 27.3 Å². The van der Waals surface area contributed by atoms with Gasteiger partial charge in [0.1, 0.15) is 5.75 Å². The van der Waals surface area contributed by atoms with Crippen LogP contribution >= 0.6 is 11.8 Å². The van der Waals surface area contributed by atoms with Crippen LogP contribution in [0.3, 0.4) is 0 Å². The van der Waals surface area contributed by atoms with Crippen LogP contribution in [0.1, 0.15) is 11.1 Å². The molecule has 0 unspecified atom stereocenters. The number of benzene rings is 2. The number of tetrazole rings is 1. The number of nitrogens with zero attached hydrogens (tertiary/aromatic N) is 4. The van der Waals surface area contributed by atoms with E-state index in [1.807, 2.05) is 42.5 Å². The topological polar surface area (TPSA) is 52.8 Å². The van der Waals surface area contributed by atoms with Gasteiger partial charge in [0.2, 0.25) is 5.16 Å². The quantitative estimate of drug-likeness (QED) is 0.677. The van der Waals surface area contributed by atoms with Crippen molar-refractivity contribution in [3.05, 3.63) is 59.7 Å². The van der Waals surface area contributed by atoms with Crippen molar-refractivity contribution in [1.29, 1.82) is 0 Å². The third kappa shape index (κ3) is 3.12. The average molecular weight is 312 g/mol. The number of hydrogen-bond acceptors (Lipinski definition) is 5. The van der Waals surface area contributed by atoms with Gasteiger partial charge in [0, 0.05) is 5.75 Å². The Balaban J connectivity index is 1.76. The molecule has 6 heteroatoms. The van der Waals surface area contributed by atoms with Gasteiger partial charge < -0.3 is 4.74 Å². The molecule has 0 radical (unpaired) electrons. The van der Waals surface area contributed by atoms with Crippen LogP contribution < -0.4 is 4.74 Å². The van der Waals surface area contributed by atoms with Crippen molar-refractivity contribution in [1.82, 2.24) is 20.2 Å². The Morgan fingerprint density at radius 3 is 2.59 bits per heavy atom. The highest BCUT2D eigenvalue weighted by atomic mass is 32.2. The monoisotopic (exact) mass is 312 g/mol. The number of para-hydroxylation sites is 1. The minimum atomic E-state index is 0.783. The molecule has 0 spiro atoms. The Morgan fingerprint density at radius 1 is 1.09 bits per heavy atom. The van der Waals surface area contributed by atoms with Gasteiger partial charge >= 0.3 is 0 Å². The van der Waals surface area contributed by atoms with Gasteiger partial charge in [0.25, 0.3) is 0 Å². The Hall–Kier alpha value is -2.34. The minimum absolute atomic E-state index is 0.783. The predicted molar refractivity (Wildman–Crippen MR) is 86.4 cm³/mol. The number of aromatic nitrogens is 4. The van der Waals surface area contributed by atoms with E-state index in [0.29, 0.717) is 0 Å². The van der Waals surface area contributed by atoms with E-state index in [4.69, 9.17) is 4.74 Å². The molecular formula is C16H16N4OS. The summed E-state index contributed by atoms with van der Waals surface area (Å²) in [5.41, 5.74) is 3.34. The second-order valence-corrected chi connectivity index (χ2v) is 5.74. The zero-order chi connectivity index (χ0) is 15.4. The molecule has 0 aliphatic heterocycles. The lowest BCUT2D eigenvalue weighted by molar-refractivity contribution is 0.414. The molecule has 2 aromatic carbocycles. The van der Waals surface area contributed by atoms with Gasteiger partial charge in [0.15, 0.2) is 0 Å². The van der Waals surface area contributed by atoms with Crippen LogP contribution in [0.4, 0.5) is 0 Å². The summed E-state index contributed by atoms with van der Waals surface area (Å²) in [5.74, 6) is 1.66. The van der Waals surface area contributed by atoms with Crippen LogP contribution in [0, 0.1) is 6.92 Å². The summed E-state index contributed by atoms with van der Waals surface area (Å²) < 4.78 is 6.95. The Kier molecular flexibility index (Phi) is 4.39. The smallest absolute Gasteiger partial charge is 0.214 e. The maximum Gasteiger partial charge on any atom is 0.214 e. The summed E-state index contributed by atoms with van der Waals surface area (Å²) >= 11 is 1.61. The van der Waals surface area contributed by atoms with Gasteiger partial charge in [0.05, 0.1) is 12.8 Å². The first-order valence-electron chi connectivity index (χ1n) is 6.88. The number of ether oxygens (including phenoxy) is 1. The molecule has 0 amide bonds. The summed E-state index contributed by atoms with van der Waals surface area (Å²) in [6, 6.07) is 16.1. The van der Waals surface area contributed by atoms with E-state index in [0.717, 1.165) is 27.9 Å². The highest BCUT2D eigenvalue weighted by molar-refractivity contribution is 7.98. The molecule has 0 N–H and O–H groups in total. The molecule has 0 saturated heterocycles. The third-order valence-electron chi connectivity index (χ3n) is 3.31. The number of aryl methyl sites for hydroxylation is 1. The summed E-state index contributed by atoms with van der Waals surface area (Å²) in [6.07, 6.45) is 0. The molecule has 0 saturated carbocycles. The summed E-state index contributed by atoms with van der Waals surface area (Å²) in [5, 5.41) is 12.8. The van der Waals surface area contributed by atoms with E-state index < -0.39 is 0 Å². The first kappa shape index (κ1) is 14.6. The SMILES string of the molecule is COc1ccc(CSc2nnnn2-c2ccccc2C)cc1. The van der Waals surface area contributed by atoms with E-state index in [1.54, 1.807) is 23.6 Å². The third-order valence-corrected chi connectivity index (χ3v) is 4.30. The van der Waals surface area contributed by atoms with Gasteiger partial charge in [-0.15, -0.1) is 5.10 Å². The standard InChI is InChI=1S/C16H16N4OS/c1-12-5-3-4-6-15(12)20-16(17-18-19-20)22-11-13-7-9-14(21-2)10-8-13/h3-10H,11H2,1-2H3. The van der Waals surface area contributed by atoms with Gasteiger partial charge in [-0.25, -0.2) is 0 Å². The van der Waals surface area contributed by atoms with Crippen LogP contribution in [0.25, 0.3) is 5.69 Å². The van der Waals surface area contributed by atoms with E-state index in [-0.39, 0.29) is 0 Å². The fourth-order valence-corrected chi connectivity index (χ4v) is 2.93. The maximum absolute atomic E-state index is 5.17. The molecule has 1 heterocycles. The number of rotatable bonds is 5. The van der Waals surface area contributed by atoms with Crippen LogP contribution in [0.5, 0.6) is 5.75 Å². The molecule has 0 atom stereocenters. The second kappa shape index (κ2) is 6.62. The molecule has 0 bridgehead atoms. The van der Waals surface area contributed by atoms with Gasteiger partial charge in [-0.3, -0.25) is 0 Å². The largest absolute Gasteiger partial charge is 0.497 e. The molecule has 0 aliphatic carbocycles. The maximum atomic E-state index is 5.17. The zero-order valence-electron chi connectivity index (χ0n) is 12.4. The molecule has 3 aromatic rings. The highest BCUT2D eigenvalue weighted by Crippen LogP contribution is 2.24. The van der Waals surface area contributed by atoms with Crippen molar-refractivity contribution >= 4 is 11.8 Å². The van der Waals surface area contributed by atoms with E-state index >= 15 is 0 Å². The van der Waals surface area contributed by atoms with Gasteiger partial charge in [-0.2, -0.15) is 4.68 Å². The van der Waals surface area contributed by atoms with Gasteiger partial charge in [-0.05, 0) is 46.7 Å². The molecule has 3 rings (SSSR count). The lowest BCUT2D eigenvalue weighted by atomic mass is 10.2. The highest BCUT2D eigenvalue weighted by Gasteiger charge is 2.10. The fourth-order valence-electron chi connectivity index (χ4n) is 2.09.